The van der Waals surface area contributed by atoms with Gasteiger partial charge in [0.2, 0.25) is 0 Å². The number of aromatic nitrogens is 5. The van der Waals surface area contributed by atoms with Gasteiger partial charge in [0.1, 0.15) is 17.4 Å². The molecular weight excluding hydrogens is 410 g/mol. The molecule has 0 radical (unpaired) electrons. The summed E-state index contributed by atoms with van der Waals surface area (Å²) in [5, 5.41) is 22.9. The predicted molar refractivity (Wildman–Crippen MR) is 117 cm³/mol. The van der Waals surface area contributed by atoms with Crippen molar-refractivity contribution in [1.29, 1.82) is 0 Å². The smallest absolute Gasteiger partial charge is 0.164 e. The zero-order chi connectivity index (χ0) is 21.2. The normalized spacial score (nSPS) is 12.6. The number of nitrogens with zero attached hydrogens (tertiary/aromatic N) is 5. The Bertz CT molecular complexity index is 1280. The van der Waals surface area contributed by atoms with Crippen molar-refractivity contribution in [3.8, 4) is 16.8 Å². The van der Waals surface area contributed by atoms with Gasteiger partial charge in [-0.2, -0.15) is 5.10 Å². The summed E-state index contributed by atoms with van der Waals surface area (Å²) in [6.07, 6.45) is 4.35. The monoisotopic (exact) mass is 431 g/mol. The molecule has 156 valence electrons. The van der Waals surface area contributed by atoms with E-state index in [0.717, 1.165) is 39.1 Å². The van der Waals surface area contributed by atoms with Crippen LogP contribution in [0.4, 0.5) is 0 Å². The number of ether oxygens (including phenoxy) is 1. The number of rotatable bonds is 4. The average molecular weight is 432 g/mol. The summed E-state index contributed by atoms with van der Waals surface area (Å²) in [5.74, 6) is 8.27. The highest BCUT2D eigenvalue weighted by Gasteiger charge is 2.25. The first-order chi connectivity index (χ1) is 15.2. The van der Waals surface area contributed by atoms with Gasteiger partial charge < -0.3 is 9.84 Å². The fourth-order valence-electron chi connectivity index (χ4n) is 3.69. The van der Waals surface area contributed by atoms with Crippen LogP contribution in [0.25, 0.3) is 5.00 Å². The van der Waals surface area contributed by atoms with Crippen LogP contribution in [0.5, 0.6) is 0 Å². The number of hydrogen-bond acceptors (Lipinski definition) is 6. The Hall–Kier alpha value is -3.25. The van der Waals surface area contributed by atoms with Crippen LogP contribution in [0.15, 0.2) is 42.7 Å². The van der Waals surface area contributed by atoms with Crippen molar-refractivity contribution in [1.82, 2.24) is 24.5 Å². The molecule has 7 nitrogen and oxygen atoms in total. The van der Waals surface area contributed by atoms with E-state index in [2.05, 4.69) is 56.0 Å². The van der Waals surface area contributed by atoms with E-state index < -0.39 is 0 Å². The molecule has 1 aliphatic rings. The highest BCUT2D eigenvalue weighted by Crippen LogP contribution is 2.36. The molecule has 8 heteroatoms. The SMILES string of the molecule is Cc1nnc2n1-c1sc(C#Cc3cnn(CCO)c3)c(Cc3ccccc3)c1COC2. The van der Waals surface area contributed by atoms with Crippen LogP contribution >= 0.6 is 11.3 Å². The Morgan fingerprint density at radius 2 is 2.03 bits per heavy atom. The molecule has 0 fully saturated rings. The number of aliphatic hydroxyl groups is 1. The summed E-state index contributed by atoms with van der Waals surface area (Å²) >= 11 is 1.65. The van der Waals surface area contributed by atoms with Crippen molar-refractivity contribution in [2.24, 2.45) is 0 Å². The van der Waals surface area contributed by atoms with Crippen molar-refractivity contribution in [2.75, 3.05) is 6.61 Å². The summed E-state index contributed by atoms with van der Waals surface area (Å²) in [6.45, 7) is 3.43. The van der Waals surface area contributed by atoms with Gasteiger partial charge in [-0.05, 0) is 24.5 Å². The summed E-state index contributed by atoms with van der Waals surface area (Å²) in [5.41, 5.74) is 4.38. The van der Waals surface area contributed by atoms with Crippen LogP contribution in [0, 0.1) is 18.8 Å². The van der Waals surface area contributed by atoms with Crippen molar-refractivity contribution in [3.05, 3.63) is 81.5 Å². The molecule has 1 N–H and O–H groups in total. The van der Waals surface area contributed by atoms with Crippen molar-refractivity contribution in [3.63, 3.8) is 0 Å². The second kappa shape index (κ2) is 8.47. The summed E-state index contributed by atoms with van der Waals surface area (Å²) < 4.78 is 9.73. The number of benzene rings is 1. The van der Waals surface area contributed by atoms with E-state index in [1.807, 2.05) is 19.2 Å². The number of aryl methyl sites for hydroxylation is 1. The summed E-state index contributed by atoms with van der Waals surface area (Å²) in [7, 11) is 0. The van der Waals surface area contributed by atoms with E-state index >= 15 is 0 Å². The third kappa shape index (κ3) is 3.91. The highest BCUT2D eigenvalue weighted by molar-refractivity contribution is 7.15. The zero-order valence-electron chi connectivity index (χ0n) is 17.1. The Morgan fingerprint density at radius 1 is 1.16 bits per heavy atom. The maximum Gasteiger partial charge on any atom is 0.164 e. The largest absolute Gasteiger partial charge is 0.394 e. The average Bonchev–Trinajstić information content (AvgIpc) is 3.43. The van der Waals surface area contributed by atoms with E-state index in [1.165, 1.54) is 11.1 Å². The first-order valence-corrected chi connectivity index (χ1v) is 10.9. The van der Waals surface area contributed by atoms with Gasteiger partial charge in [-0.1, -0.05) is 42.2 Å². The third-order valence-electron chi connectivity index (χ3n) is 5.17. The van der Waals surface area contributed by atoms with E-state index in [0.29, 0.717) is 19.8 Å². The molecule has 1 aromatic carbocycles. The Kier molecular flexibility index (Phi) is 5.38. The third-order valence-corrected chi connectivity index (χ3v) is 6.35. The molecule has 4 aromatic rings. The molecule has 0 bridgehead atoms. The summed E-state index contributed by atoms with van der Waals surface area (Å²) in [4.78, 5) is 1.01. The van der Waals surface area contributed by atoms with Gasteiger partial charge in [0.25, 0.3) is 0 Å². The van der Waals surface area contributed by atoms with Crippen molar-refractivity contribution in [2.45, 2.75) is 33.1 Å². The Labute approximate surface area is 183 Å². The number of hydrogen-bond donors (Lipinski definition) is 1. The van der Waals surface area contributed by atoms with Gasteiger partial charge in [0.15, 0.2) is 5.82 Å². The number of aliphatic hydroxyl groups excluding tert-OH is 1. The van der Waals surface area contributed by atoms with Gasteiger partial charge in [-0.15, -0.1) is 21.5 Å². The highest BCUT2D eigenvalue weighted by atomic mass is 32.1. The van der Waals surface area contributed by atoms with E-state index in [-0.39, 0.29) is 6.61 Å². The van der Waals surface area contributed by atoms with Crippen LogP contribution in [0.3, 0.4) is 0 Å². The minimum Gasteiger partial charge on any atom is -0.394 e. The topological polar surface area (TPSA) is 78.0 Å². The van der Waals surface area contributed by atoms with E-state index in [9.17, 15) is 0 Å². The molecule has 4 heterocycles. The Balaban J connectivity index is 1.61. The lowest BCUT2D eigenvalue weighted by atomic mass is 10.0. The van der Waals surface area contributed by atoms with Crippen molar-refractivity contribution < 1.29 is 9.84 Å². The second-order valence-corrected chi connectivity index (χ2v) is 8.31. The van der Waals surface area contributed by atoms with Gasteiger partial charge in [0, 0.05) is 11.8 Å². The quantitative estimate of drug-likeness (QED) is 0.503. The molecule has 0 saturated heterocycles. The van der Waals surface area contributed by atoms with Crippen LogP contribution in [-0.4, -0.2) is 36.3 Å². The molecule has 0 atom stereocenters. The van der Waals surface area contributed by atoms with E-state index in [4.69, 9.17) is 9.84 Å². The molecule has 1 aliphatic heterocycles. The van der Waals surface area contributed by atoms with Crippen molar-refractivity contribution >= 4 is 11.3 Å². The van der Waals surface area contributed by atoms with Gasteiger partial charge in [-0.3, -0.25) is 9.25 Å². The minimum absolute atomic E-state index is 0.0496. The zero-order valence-corrected chi connectivity index (χ0v) is 17.9. The van der Waals surface area contributed by atoms with Gasteiger partial charge in [0.05, 0.1) is 36.4 Å². The maximum atomic E-state index is 9.10. The molecular formula is C23H21N5O2S. The molecule has 0 spiro atoms. The minimum atomic E-state index is 0.0496. The lowest BCUT2D eigenvalue weighted by molar-refractivity contribution is 0.104. The molecule has 0 aliphatic carbocycles. The predicted octanol–water partition coefficient (Wildman–Crippen LogP) is 2.85. The molecule has 0 saturated carbocycles. The van der Waals surface area contributed by atoms with Gasteiger partial charge in [-0.25, -0.2) is 0 Å². The second-order valence-electron chi connectivity index (χ2n) is 7.31. The number of fused-ring (bicyclic) bond motifs is 3. The molecule has 3 aromatic heterocycles. The van der Waals surface area contributed by atoms with Crippen LogP contribution < -0.4 is 0 Å². The lowest BCUT2D eigenvalue weighted by Gasteiger charge is -2.06. The molecule has 0 unspecified atom stereocenters. The molecule has 0 amide bonds. The molecule has 5 rings (SSSR count). The van der Waals surface area contributed by atoms with Crippen LogP contribution in [0.2, 0.25) is 0 Å². The van der Waals surface area contributed by atoms with Gasteiger partial charge >= 0.3 is 0 Å². The standard InChI is InChI=1S/C23H21N5O2S/c1-16-25-26-22-15-30-14-20-19(11-17-5-3-2-4-6-17)21(31-23(20)28(16)22)8-7-18-12-24-27(13-18)9-10-29/h2-6,12-13,29H,9-11,14-15H2,1H3. The first kappa shape index (κ1) is 19.7. The van der Waals surface area contributed by atoms with Crippen LogP contribution in [0.1, 0.15) is 38.8 Å². The Morgan fingerprint density at radius 3 is 2.87 bits per heavy atom. The first-order valence-electron chi connectivity index (χ1n) is 10.1. The molecule has 31 heavy (non-hydrogen) atoms. The van der Waals surface area contributed by atoms with E-state index in [1.54, 1.807) is 22.2 Å². The fourth-order valence-corrected chi connectivity index (χ4v) is 4.94. The number of thiophene rings is 1. The van der Waals surface area contributed by atoms with Crippen LogP contribution in [-0.2, 0) is 30.9 Å². The fraction of sp³-hybridized carbons (Fsp3) is 0.261. The maximum absolute atomic E-state index is 9.10. The summed E-state index contributed by atoms with van der Waals surface area (Å²) in [6, 6.07) is 10.4. The lowest BCUT2D eigenvalue weighted by Crippen LogP contribution is -2.01.